The number of nitrogens with zero attached hydrogens (tertiary/aromatic N) is 3. The predicted molar refractivity (Wildman–Crippen MR) is 114 cm³/mol. The van der Waals surface area contributed by atoms with Crippen LogP contribution in [0.4, 0.5) is 10.5 Å². The first-order valence-corrected chi connectivity index (χ1v) is 10.4. The molecular weight excluding hydrogens is 388 g/mol. The van der Waals surface area contributed by atoms with E-state index in [1.54, 1.807) is 4.90 Å². The highest BCUT2D eigenvalue weighted by Gasteiger charge is 2.24. The van der Waals surface area contributed by atoms with Gasteiger partial charge in [-0.15, -0.1) is 0 Å². The molecule has 1 saturated heterocycles. The van der Waals surface area contributed by atoms with Crippen LogP contribution in [-0.2, 0) is 17.8 Å². The molecule has 0 radical (unpaired) electrons. The largest absolute Gasteiger partial charge is 0.368 e. The van der Waals surface area contributed by atoms with E-state index in [0.717, 1.165) is 25.2 Å². The van der Waals surface area contributed by atoms with Crippen molar-refractivity contribution in [2.75, 3.05) is 44.2 Å². The number of rotatable bonds is 3. The number of hydrogen-bond acceptors (Lipinski definition) is 3. The summed E-state index contributed by atoms with van der Waals surface area (Å²) in [5.74, 6) is -0.0346. The van der Waals surface area contributed by atoms with Gasteiger partial charge in [0.1, 0.15) is 0 Å². The van der Waals surface area contributed by atoms with Gasteiger partial charge >= 0.3 is 6.03 Å². The summed E-state index contributed by atoms with van der Waals surface area (Å²) >= 11 is 5.95. The lowest BCUT2D eigenvalue weighted by Gasteiger charge is -2.36. The van der Waals surface area contributed by atoms with Crippen molar-refractivity contribution < 1.29 is 9.59 Å². The van der Waals surface area contributed by atoms with Gasteiger partial charge in [0.25, 0.3) is 0 Å². The zero-order chi connectivity index (χ0) is 20.2. The third-order valence-corrected chi connectivity index (χ3v) is 5.88. The van der Waals surface area contributed by atoms with Gasteiger partial charge in [-0.25, -0.2) is 4.79 Å². The van der Waals surface area contributed by atoms with Crippen LogP contribution in [0.25, 0.3) is 0 Å². The molecule has 6 nitrogen and oxygen atoms in total. The summed E-state index contributed by atoms with van der Waals surface area (Å²) in [6.07, 6.45) is 0.864. The molecule has 0 aromatic heterocycles. The molecule has 152 valence electrons. The number of benzene rings is 2. The van der Waals surface area contributed by atoms with E-state index in [-0.39, 0.29) is 18.5 Å². The molecule has 0 atom stereocenters. The highest BCUT2D eigenvalue weighted by atomic mass is 35.5. The van der Waals surface area contributed by atoms with Crippen molar-refractivity contribution in [3.05, 3.63) is 64.7 Å². The number of urea groups is 1. The van der Waals surface area contributed by atoms with Crippen LogP contribution in [0.1, 0.15) is 11.1 Å². The average molecular weight is 413 g/mol. The van der Waals surface area contributed by atoms with E-state index in [9.17, 15) is 9.59 Å². The van der Waals surface area contributed by atoms with Crippen LogP contribution in [0, 0.1) is 0 Å². The van der Waals surface area contributed by atoms with Gasteiger partial charge in [0.05, 0.1) is 6.54 Å². The molecule has 1 N–H and O–H groups in total. The van der Waals surface area contributed by atoms with E-state index in [2.05, 4.69) is 22.3 Å². The first-order valence-electron chi connectivity index (χ1n) is 9.98. The Bertz CT molecular complexity index is 879. The lowest BCUT2D eigenvalue weighted by Crippen LogP contribution is -2.53. The molecule has 2 aliphatic rings. The number of nitrogens with one attached hydrogen (secondary N) is 1. The minimum atomic E-state index is -0.175. The number of fused-ring (bicyclic) bond motifs is 1. The molecule has 2 aromatic rings. The summed E-state index contributed by atoms with van der Waals surface area (Å²) in [5.41, 5.74) is 3.60. The number of amides is 3. The van der Waals surface area contributed by atoms with Gasteiger partial charge in [0, 0.05) is 50.0 Å². The van der Waals surface area contributed by atoms with Gasteiger partial charge in [-0.3, -0.25) is 4.79 Å². The molecule has 0 spiro atoms. The Balaban J connectivity index is 1.23. The number of hydrogen-bond donors (Lipinski definition) is 1. The molecule has 29 heavy (non-hydrogen) atoms. The van der Waals surface area contributed by atoms with Crippen molar-refractivity contribution in [1.29, 1.82) is 0 Å². The maximum Gasteiger partial charge on any atom is 0.317 e. The fourth-order valence-electron chi connectivity index (χ4n) is 3.90. The number of piperazine rings is 1. The summed E-state index contributed by atoms with van der Waals surface area (Å²) < 4.78 is 0. The average Bonchev–Trinajstić information content (AvgIpc) is 2.77. The molecule has 0 aliphatic carbocycles. The molecule has 7 heteroatoms. The lowest BCUT2D eigenvalue weighted by molar-refractivity contribution is -0.131. The Morgan fingerprint density at radius 2 is 1.55 bits per heavy atom. The Hall–Kier alpha value is -2.73. The Labute approximate surface area is 176 Å². The normalized spacial score (nSPS) is 16.4. The van der Waals surface area contributed by atoms with E-state index in [1.807, 2.05) is 41.3 Å². The maximum absolute atomic E-state index is 12.5. The Morgan fingerprint density at radius 1 is 0.862 bits per heavy atom. The topological polar surface area (TPSA) is 55.9 Å². The van der Waals surface area contributed by atoms with Gasteiger partial charge in [0.15, 0.2) is 0 Å². The molecule has 2 heterocycles. The van der Waals surface area contributed by atoms with Crippen molar-refractivity contribution in [2.45, 2.75) is 13.0 Å². The molecule has 2 aromatic carbocycles. The molecule has 0 saturated carbocycles. The minimum absolute atomic E-state index is 0.0346. The van der Waals surface area contributed by atoms with Gasteiger partial charge in [-0.2, -0.15) is 0 Å². The molecule has 3 amide bonds. The van der Waals surface area contributed by atoms with Crippen LogP contribution in [0.3, 0.4) is 0 Å². The number of anilines is 1. The second-order valence-corrected chi connectivity index (χ2v) is 7.88. The molecule has 4 rings (SSSR count). The molecule has 0 unspecified atom stereocenters. The lowest BCUT2D eigenvalue weighted by atomic mass is 10.00. The van der Waals surface area contributed by atoms with Crippen LogP contribution in [0.15, 0.2) is 48.5 Å². The fraction of sp³-hybridized carbons (Fsp3) is 0.364. The van der Waals surface area contributed by atoms with E-state index < -0.39 is 0 Å². The zero-order valence-corrected chi connectivity index (χ0v) is 17.1. The second kappa shape index (κ2) is 8.74. The van der Waals surface area contributed by atoms with Crippen molar-refractivity contribution in [3.8, 4) is 0 Å². The van der Waals surface area contributed by atoms with Crippen LogP contribution in [0.2, 0.25) is 5.02 Å². The standard InChI is InChI=1S/C22H25ClN4O2/c23-19-5-7-20(8-6-19)25-11-13-26(14-12-25)22(29)24-15-21(28)27-10-9-17-3-1-2-4-18(17)16-27/h1-8H,9-16H2,(H,24,29). The third kappa shape index (κ3) is 4.65. The van der Waals surface area contributed by atoms with E-state index >= 15 is 0 Å². The van der Waals surface area contributed by atoms with E-state index in [1.165, 1.54) is 11.1 Å². The Kier molecular flexibility index (Phi) is 5.90. The minimum Gasteiger partial charge on any atom is -0.368 e. The maximum atomic E-state index is 12.5. The van der Waals surface area contributed by atoms with Gasteiger partial charge in [-0.05, 0) is 41.8 Å². The SMILES string of the molecule is O=C(CNC(=O)N1CCN(c2ccc(Cl)cc2)CC1)N1CCc2ccccc2C1. The first-order chi connectivity index (χ1) is 14.1. The quantitative estimate of drug-likeness (QED) is 0.843. The molecule has 1 fully saturated rings. The Morgan fingerprint density at radius 3 is 2.28 bits per heavy atom. The van der Waals surface area contributed by atoms with Crippen LogP contribution < -0.4 is 10.2 Å². The van der Waals surface area contributed by atoms with Crippen molar-refractivity contribution in [2.24, 2.45) is 0 Å². The van der Waals surface area contributed by atoms with Crippen LogP contribution in [0.5, 0.6) is 0 Å². The van der Waals surface area contributed by atoms with Crippen LogP contribution in [-0.4, -0.2) is 61.0 Å². The van der Waals surface area contributed by atoms with Gasteiger partial charge < -0.3 is 20.0 Å². The third-order valence-electron chi connectivity index (χ3n) is 5.63. The summed E-state index contributed by atoms with van der Waals surface area (Å²) in [7, 11) is 0. The summed E-state index contributed by atoms with van der Waals surface area (Å²) in [5, 5.41) is 3.51. The first kappa shape index (κ1) is 19.6. The van der Waals surface area contributed by atoms with Gasteiger partial charge in [0.2, 0.25) is 5.91 Å². The summed E-state index contributed by atoms with van der Waals surface area (Å²) in [6.45, 7) is 4.12. The van der Waals surface area contributed by atoms with E-state index in [4.69, 9.17) is 11.6 Å². The van der Waals surface area contributed by atoms with Gasteiger partial charge in [-0.1, -0.05) is 35.9 Å². The highest BCUT2D eigenvalue weighted by molar-refractivity contribution is 6.30. The second-order valence-electron chi connectivity index (χ2n) is 7.44. The molecule has 2 aliphatic heterocycles. The van der Waals surface area contributed by atoms with Crippen molar-refractivity contribution in [3.63, 3.8) is 0 Å². The molecular formula is C22H25ClN4O2. The fourth-order valence-corrected chi connectivity index (χ4v) is 4.03. The molecule has 0 bridgehead atoms. The van der Waals surface area contributed by atoms with Crippen molar-refractivity contribution >= 4 is 29.2 Å². The zero-order valence-electron chi connectivity index (χ0n) is 16.3. The smallest absolute Gasteiger partial charge is 0.317 e. The van der Waals surface area contributed by atoms with Crippen LogP contribution >= 0.6 is 11.6 Å². The van der Waals surface area contributed by atoms with Crippen molar-refractivity contribution in [1.82, 2.24) is 15.1 Å². The number of carbonyl (C=O) groups excluding carboxylic acids is 2. The van der Waals surface area contributed by atoms with E-state index in [0.29, 0.717) is 31.2 Å². The summed E-state index contributed by atoms with van der Waals surface area (Å²) in [4.78, 5) is 30.8. The number of carbonyl (C=O) groups is 2. The monoisotopic (exact) mass is 412 g/mol. The summed E-state index contributed by atoms with van der Waals surface area (Å²) in [6, 6.07) is 15.8. The predicted octanol–water partition coefficient (Wildman–Crippen LogP) is 2.76. The highest BCUT2D eigenvalue weighted by Crippen LogP contribution is 2.20. The number of halogens is 1.